The van der Waals surface area contributed by atoms with Gasteiger partial charge in [0.2, 0.25) is 0 Å². The maximum absolute atomic E-state index is 13.2. The van der Waals surface area contributed by atoms with Gasteiger partial charge >= 0.3 is 0 Å². The van der Waals surface area contributed by atoms with Gasteiger partial charge in [-0.15, -0.1) is 11.3 Å². The van der Waals surface area contributed by atoms with E-state index in [4.69, 9.17) is 16.3 Å². The number of hydrogen-bond donors (Lipinski definition) is 1. The van der Waals surface area contributed by atoms with Crippen LogP contribution in [0.25, 0.3) is 10.2 Å². The highest BCUT2D eigenvalue weighted by Gasteiger charge is 2.18. The molecule has 7 heteroatoms. The first-order chi connectivity index (χ1) is 16.5. The third-order valence-corrected chi connectivity index (χ3v) is 6.83. The zero-order chi connectivity index (χ0) is 23.7. The average Bonchev–Trinajstić information content (AvgIpc) is 3.39. The lowest BCUT2D eigenvalue weighted by atomic mass is 10.1. The Balaban J connectivity index is 1.41. The van der Waals surface area contributed by atoms with E-state index in [0.717, 1.165) is 21.5 Å². The van der Waals surface area contributed by atoms with E-state index in [0.29, 0.717) is 33.6 Å². The van der Waals surface area contributed by atoms with Gasteiger partial charge in [-0.05, 0) is 55.8 Å². The molecule has 0 fully saturated rings. The second-order valence-corrected chi connectivity index (χ2v) is 9.53. The van der Waals surface area contributed by atoms with Gasteiger partial charge in [0, 0.05) is 10.4 Å². The lowest BCUT2D eigenvalue weighted by molar-refractivity contribution is 0.103. The molecule has 1 N–H and O–H groups in total. The number of hydrogen-bond acceptors (Lipinski definition) is 4. The Kier molecular flexibility index (Phi) is 6.09. The Labute approximate surface area is 206 Å². The van der Waals surface area contributed by atoms with Gasteiger partial charge in [-0.1, -0.05) is 59.6 Å². The van der Waals surface area contributed by atoms with E-state index in [1.54, 1.807) is 18.2 Å². The van der Waals surface area contributed by atoms with E-state index in [9.17, 15) is 4.79 Å². The largest absolute Gasteiger partial charge is 0.455 e. The zero-order valence-corrected chi connectivity index (χ0v) is 20.3. The molecule has 3 aromatic carbocycles. The fourth-order valence-corrected chi connectivity index (χ4v) is 4.91. The van der Waals surface area contributed by atoms with Crippen LogP contribution in [-0.4, -0.2) is 15.7 Å². The van der Waals surface area contributed by atoms with Crippen LogP contribution in [0, 0.1) is 13.8 Å². The molecule has 0 saturated carbocycles. The third kappa shape index (κ3) is 4.69. The van der Waals surface area contributed by atoms with E-state index >= 15 is 0 Å². The van der Waals surface area contributed by atoms with Crippen molar-refractivity contribution < 1.29 is 9.53 Å². The fraction of sp³-hybridized carbons (Fsp3) is 0.111. The predicted octanol–water partition coefficient (Wildman–Crippen LogP) is 7.46. The SMILES string of the molecule is Cc1ccc(Cn2nc(C)c3cc(C(=O)Nc4cc(Cl)ccc4Oc4ccccc4)sc32)cc1. The molecule has 170 valence electrons. The van der Waals surface area contributed by atoms with Gasteiger partial charge in [0.25, 0.3) is 5.91 Å². The van der Waals surface area contributed by atoms with Crippen LogP contribution in [0.1, 0.15) is 26.5 Å². The van der Waals surface area contributed by atoms with Crippen molar-refractivity contribution in [3.8, 4) is 11.5 Å². The summed E-state index contributed by atoms with van der Waals surface area (Å²) in [6.45, 7) is 4.68. The number of aromatic nitrogens is 2. The number of rotatable bonds is 6. The highest BCUT2D eigenvalue weighted by atomic mass is 35.5. The molecule has 5 nitrogen and oxygen atoms in total. The Bertz CT molecular complexity index is 1470. The van der Waals surface area contributed by atoms with Crippen molar-refractivity contribution >= 4 is 44.7 Å². The van der Waals surface area contributed by atoms with Crippen LogP contribution in [0.3, 0.4) is 0 Å². The minimum atomic E-state index is -0.220. The summed E-state index contributed by atoms with van der Waals surface area (Å²) in [7, 11) is 0. The number of nitrogens with zero attached hydrogens (tertiary/aromatic N) is 2. The number of aryl methyl sites for hydroxylation is 2. The number of carbonyl (C=O) groups is 1. The third-order valence-electron chi connectivity index (χ3n) is 5.44. The van der Waals surface area contributed by atoms with Gasteiger partial charge in [-0.2, -0.15) is 5.10 Å². The fourth-order valence-electron chi connectivity index (χ4n) is 3.69. The van der Waals surface area contributed by atoms with Crippen LogP contribution in [-0.2, 0) is 6.54 Å². The smallest absolute Gasteiger partial charge is 0.265 e. The number of para-hydroxylation sites is 1. The first-order valence-electron chi connectivity index (χ1n) is 10.8. The summed E-state index contributed by atoms with van der Waals surface area (Å²) in [5.41, 5.74) is 3.79. The predicted molar refractivity (Wildman–Crippen MR) is 139 cm³/mol. The Morgan fingerprint density at radius 1 is 1.03 bits per heavy atom. The van der Waals surface area contributed by atoms with Gasteiger partial charge in [-0.3, -0.25) is 9.48 Å². The molecule has 0 bridgehead atoms. The quantitative estimate of drug-likeness (QED) is 0.270. The lowest BCUT2D eigenvalue weighted by Gasteiger charge is -2.12. The maximum Gasteiger partial charge on any atom is 0.265 e. The molecule has 0 saturated heterocycles. The molecule has 0 spiro atoms. The van der Waals surface area contributed by atoms with Gasteiger partial charge in [-0.25, -0.2) is 0 Å². The molecule has 0 radical (unpaired) electrons. The van der Waals surface area contributed by atoms with Crippen molar-refractivity contribution in [3.63, 3.8) is 0 Å². The van der Waals surface area contributed by atoms with Crippen molar-refractivity contribution in [2.24, 2.45) is 0 Å². The number of ether oxygens (including phenoxy) is 1. The van der Waals surface area contributed by atoms with Crippen LogP contribution in [0.4, 0.5) is 5.69 Å². The Morgan fingerprint density at radius 3 is 2.56 bits per heavy atom. The lowest BCUT2D eigenvalue weighted by Crippen LogP contribution is -2.11. The van der Waals surface area contributed by atoms with Gasteiger partial charge in [0.15, 0.2) is 5.75 Å². The van der Waals surface area contributed by atoms with Crippen molar-refractivity contribution in [1.82, 2.24) is 9.78 Å². The molecule has 2 heterocycles. The topological polar surface area (TPSA) is 56.2 Å². The molecule has 0 aliphatic rings. The molecule has 5 aromatic rings. The molecule has 2 aromatic heterocycles. The summed E-state index contributed by atoms with van der Waals surface area (Å²) < 4.78 is 7.93. The molecule has 0 atom stereocenters. The number of fused-ring (bicyclic) bond motifs is 1. The van der Waals surface area contributed by atoms with Crippen LogP contribution >= 0.6 is 22.9 Å². The number of anilines is 1. The highest BCUT2D eigenvalue weighted by molar-refractivity contribution is 7.20. The van der Waals surface area contributed by atoms with E-state index in [2.05, 4.69) is 41.6 Å². The molecule has 0 aliphatic heterocycles. The minimum absolute atomic E-state index is 0.220. The van der Waals surface area contributed by atoms with Gasteiger partial charge < -0.3 is 10.1 Å². The van der Waals surface area contributed by atoms with Crippen molar-refractivity contribution in [2.75, 3.05) is 5.32 Å². The van der Waals surface area contributed by atoms with Crippen LogP contribution in [0.2, 0.25) is 5.02 Å². The Hall–Kier alpha value is -3.61. The van der Waals surface area contributed by atoms with Gasteiger partial charge in [0.05, 0.1) is 22.8 Å². The first kappa shape index (κ1) is 22.2. The van der Waals surface area contributed by atoms with E-state index in [1.165, 1.54) is 16.9 Å². The standard InChI is InChI=1S/C27H22ClN3O2S/c1-17-8-10-19(11-9-17)16-31-27-22(18(2)30-31)15-25(34-27)26(32)29-23-14-20(28)12-13-24(23)33-21-6-4-3-5-7-21/h3-15H,16H2,1-2H3,(H,29,32). The van der Waals surface area contributed by atoms with Gasteiger partial charge in [0.1, 0.15) is 10.6 Å². The summed E-state index contributed by atoms with van der Waals surface area (Å²) in [4.78, 5) is 14.8. The number of carbonyl (C=O) groups excluding carboxylic acids is 1. The summed E-state index contributed by atoms with van der Waals surface area (Å²) in [5, 5.41) is 9.14. The van der Waals surface area contributed by atoms with Crippen LogP contribution in [0.15, 0.2) is 78.9 Å². The van der Waals surface area contributed by atoms with Crippen molar-refractivity contribution in [2.45, 2.75) is 20.4 Å². The van der Waals surface area contributed by atoms with Crippen LogP contribution < -0.4 is 10.1 Å². The van der Waals surface area contributed by atoms with Crippen molar-refractivity contribution in [1.29, 1.82) is 0 Å². The summed E-state index contributed by atoms with van der Waals surface area (Å²) in [6, 6.07) is 24.9. The summed E-state index contributed by atoms with van der Waals surface area (Å²) >= 11 is 7.63. The highest BCUT2D eigenvalue weighted by Crippen LogP contribution is 2.34. The van der Waals surface area contributed by atoms with E-state index < -0.39 is 0 Å². The molecule has 34 heavy (non-hydrogen) atoms. The normalized spacial score (nSPS) is 11.0. The van der Waals surface area contributed by atoms with E-state index in [-0.39, 0.29) is 5.91 Å². The second-order valence-electron chi connectivity index (χ2n) is 8.07. The summed E-state index contributed by atoms with van der Waals surface area (Å²) in [6.07, 6.45) is 0. The first-order valence-corrected chi connectivity index (χ1v) is 12.0. The number of halogens is 1. The minimum Gasteiger partial charge on any atom is -0.455 e. The summed E-state index contributed by atoms with van der Waals surface area (Å²) in [5.74, 6) is 0.975. The second kappa shape index (κ2) is 9.33. The van der Waals surface area contributed by atoms with E-state index in [1.807, 2.05) is 48.0 Å². The number of nitrogens with one attached hydrogen (secondary N) is 1. The molecular formula is C27H22ClN3O2S. The molecular weight excluding hydrogens is 466 g/mol. The number of amides is 1. The molecule has 0 aliphatic carbocycles. The Morgan fingerprint density at radius 2 is 1.79 bits per heavy atom. The molecule has 1 amide bonds. The maximum atomic E-state index is 13.2. The molecule has 0 unspecified atom stereocenters. The molecule has 5 rings (SSSR count). The number of benzene rings is 3. The number of thiophene rings is 1. The van der Waals surface area contributed by atoms with Crippen LogP contribution in [0.5, 0.6) is 11.5 Å². The monoisotopic (exact) mass is 487 g/mol. The van der Waals surface area contributed by atoms with Crippen molar-refractivity contribution in [3.05, 3.63) is 106 Å². The average molecular weight is 488 g/mol. The zero-order valence-electron chi connectivity index (χ0n) is 18.7.